The first-order valence-corrected chi connectivity index (χ1v) is 6.29. The minimum absolute atomic E-state index is 0.0115. The maximum Gasteiger partial charge on any atom is 0.124 e. The largest absolute Gasteiger partial charge is 0.488 e. The summed E-state index contributed by atoms with van der Waals surface area (Å²) in [6, 6.07) is 7.92. The van der Waals surface area contributed by atoms with E-state index in [1.165, 1.54) is 5.56 Å². The standard InChI is InChI=1S/C14H17N3O/c1-2-17-8-11(16-9-17)14(15)13-7-10-5-3-4-6-12(10)18-13/h3-6,8-9,13-14H,2,7,15H2,1H3. The van der Waals surface area contributed by atoms with Crippen LogP contribution in [0, 0.1) is 0 Å². The molecule has 0 aliphatic carbocycles. The van der Waals surface area contributed by atoms with Gasteiger partial charge in [0.05, 0.1) is 18.1 Å². The number of aryl methyl sites for hydroxylation is 1. The molecule has 1 aliphatic heterocycles. The van der Waals surface area contributed by atoms with Gasteiger partial charge in [-0.3, -0.25) is 0 Å². The maximum atomic E-state index is 6.25. The zero-order valence-electron chi connectivity index (χ0n) is 10.4. The third kappa shape index (κ3) is 1.88. The van der Waals surface area contributed by atoms with Gasteiger partial charge in [-0.05, 0) is 18.6 Å². The van der Waals surface area contributed by atoms with Crippen LogP contribution in [0.2, 0.25) is 0 Å². The number of para-hydroxylation sites is 1. The van der Waals surface area contributed by atoms with Gasteiger partial charge in [-0.15, -0.1) is 0 Å². The molecule has 94 valence electrons. The summed E-state index contributed by atoms with van der Waals surface area (Å²) in [6.45, 7) is 2.99. The fraction of sp³-hybridized carbons (Fsp3) is 0.357. The Morgan fingerprint density at radius 1 is 1.50 bits per heavy atom. The Balaban J connectivity index is 1.77. The van der Waals surface area contributed by atoms with Crippen molar-refractivity contribution in [2.24, 2.45) is 5.73 Å². The molecule has 1 aromatic carbocycles. The lowest BCUT2D eigenvalue weighted by molar-refractivity contribution is 0.198. The number of nitrogens with two attached hydrogens (primary N) is 1. The first-order valence-electron chi connectivity index (χ1n) is 6.29. The van der Waals surface area contributed by atoms with E-state index in [4.69, 9.17) is 10.5 Å². The molecule has 2 heterocycles. The van der Waals surface area contributed by atoms with Crippen molar-refractivity contribution < 1.29 is 4.74 Å². The second-order valence-electron chi connectivity index (χ2n) is 4.62. The van der Waals surface area contributed by atoms with E-state index in [-0.39, 0.29) is 12.1 Å². The highest BCUT2D eigenvalue weighted by molar-refractivity contribution is 5.38. The Hall–Kier alpha value is -1.81. The number of fused-ring (bicyclic) bond motifs is 1. The number of nitrogens with zero attached hydrogens (tertiary/aromatic N) is 2. The molecule has 0 spiro atoms. The van der Waals surface area contributed by atoms with Gasteiger partial charge in [0.15, 0.2) is 0 Å². The van der Waals surface area contributed by atoms with E-state index in [0.29, 0.717) is 0 Å². The van der Waals surface area contributed by atoms with E-state index in [9.17, 15) is 0 Å². The van der Waals surface area contributed by atoms with Crippen molar-refractivity contribution in [3.05, 3.63) is 48.0 Å². The van der Waals surface area contributed by atoms with Crippen LogP contribution in [0.5, 0.6) is 5.75 Å². The Labute approximate surface area is 106 Å². The van der Waals surface area contributed by atoms with Gasteiger partial charge in [-0.1, -0.05) is 18.2 Å². The molecular weight excluding hydrogens is 226 g/mol. The summed E-state index contributed by atoms with van der Waals surface area (Å²) in [5.41, 5.74) is 8.37. The smallest absolute Gasteiger partial charge is 0.124 e. The van der Waals surface area contributed by atoms with Gasteiger partial charge in [0.2, 0.25) is 0 Å². The van der Waals surface area contributed by atoms with Crippen LogP contribution in [0.3, 0.4) is 0 Å². The molecule has 1 aliphatic rings. The van der Waals surface area contributed by atoms with Gasteiger partial charge in [0.1, 0.15) is 11.9 Å². The van der Waals surface area contributed by atoms with E-state index in [1.807, 2.05) is 35.3 Å². The number of aromatic nitrogens is 2. The SMILES string of the molecule is CCn1cnc(C(N)C2Cc3ccccc3O2)c1. The summed E-state index contributed by atoms with van der Waals surface area (Å²) in [5, 5.41) is 0. The molecule has 2 N–H and O–H groups in total. The molecule has 0 bridgehead atoms. The van der Waals surface area contributed by atoms with E-state index >= 15 is 0 Å². The Kier molecular flexibility index (Phi) is 2.80. The van der Waals surface area contributed by atoms with Crippen molar-refractivity contribution in [2.45, 2.75) is 32.0 Å². The Morgan fingerprint density at radius 2 is 2.33 bits per heavy atom. The van der Waals surface area contributed by atoms with E-state index in [0.717, 1.165) is 24.4 Å². The van der Waals surface area contributed by atoms with E-state index in [1.54, 1.807) is 0 Å². The van der Waals surface area contributed by atoms with E-state index < -0.39 is 0 Å². The van der Waals surface area contributed by atoms with Crippen molar-refractivity contribution in [3.8, 4) is 5.75 Å². The van der Waals surface area contributed by atoms with Gasteiger partial charge in [0, 0.05) is 19.2 Å². The van der Waals surface area contributed by atoms with Crippen LogP contribution in [0.15, 0.2) is 36.8 Å². The highest BCUT2D eigenvalue weighted by Gasteiger charge is 2.29. The van der Waals surface area contributed by atoms with Crippen LogP contribution < -0.4 is 10.5 Å². The highest BCUT2D eigenvalue weighted by Crippen LogP contribution is 2.32. The molecule has 0 fully saturated rings. The van der Waals surface area contributed by atoms with Crippen LogP contribution in [0.4, 0.5) is 0 Å². The average molecular weight is 243 g/mol. The second kappa shape index (κ2) is 4.46. The van der Waals surface area contributed by atoms with Crippen LogP contribution in [0.1, 0.15) is 24.2 Å². The topological polar surface area (TPSA) is 53.1 Å². The first kappa shape index (κ1) is 11.3. The fourth-order valence-corrected chi connectivity index (χ4v) is 2.32. The van der Waals surface area contributed by atoms with Crippen LogP contribution in [-0.2, 0) is 13.0 Å². The quantitative estimate of drug-likeness (QED) is 0.895. The molecule has 4 heteroatoms. The van der Waals surface area contributed by atoms with Crippen molar-refractivity contribution in [3.63, 3.8) is 0 Å². The first-order chi connectivity index (χ1) is 8.78. The molecular formula is C14H17N3O. The van der Waals surface area contributed by atoms with Gasteiger partial charge >= 0.3 is 0 Å². The van der Waals surface area contributed by atoms with Crippen molar-refractivity contribution in [2.75, 3.05) is 0 Å². The summed E-state index contributed by atoms with van der Waals surface area (Å²) < 4.78 is 7.92. The average Bonchev–Trinajstić information content (AvgIpc) is 3.04. The summed E-state index contributed by atoms with van der Waals surface area (Å²) >= 11 is 0. The monoisotopic (exact) mass is 243 g/mol. The highest BCUT2D eigenvalue weighted by atomic mass is 16.5. The molecule has 0 saturated carbocycles. The van der Waals surface area contributed by atoms with Gasteiger partial charge < -0.3 is 15.0 Å². The lowest BCUT2D eigenvalue weighted by atomic mass is 10.0. The molecule has 0 amide bonds. The Morgan fingerprint density at radius 3 is 3.06 bits per heavy atom. The molecule has 1 aromatic heterocycles. The predicted octanol–water partition coefficient (Wildman–Crippen LogP) is 1.91. The molecule has 2 unspecified atom stereocenters. The molecule has 2 aromatic rings. The Bertz CT molecular complexity index is 524. The summed E-state index contributed by atoms with van der Waals surface area (Å²) in [6.07, 6.45) is 4.66. The number of hydrogen-bond donors (Lipinski definition) is 1. The van der Waals surface area contributed by atoms with Crippen molar-refractivity contribution in [1.29, 1.82) is 0 Å². The summed E-state index contributed by atoms with van der Waals surface area (Å²) in [5.74, 6) is 0.952. The molecule has 0 saturated heterocycles. The minimum Gasteiger partial charge on any atom is -0.488 e. The van der Waals surface area contributed by atoms with Crippen molar-refractivity contribution in [1.82, 2.24) is 9.55 Å². The third-order valence-corrected chi connectivity index (χ3v) is 3.43. The van der Waals surface area contributed by atoms with E-state index in [2.05, 4.69) is 18.0 Å². The van der Waals surface area contributed by atoms with Crippen LogP contribution in [-0.4, -0.2) is 15.7 Å². The number of imidazole rings is 1. The zero-order valence-corrected chi connectivity index (χ0v) is 10.4. The number of ether oxygens (including phenoxy) is 1. The summed E-state index contributed by atoms with van der Waals surface area (Å²) in [7, 11) is 0. The lowest BCUT2D eigenvalue weighted by Gasteiger charge is -2.17. The fourth-order valence-electron chi connectivity index (χ4n) is 2.32. The van der Waals surface area contributed by atoms with Gasteiger partial charge in [0.25, 0.3) is 0 Å². The second-order valence-corrected chi connectivity index (χ2v) is 4.62. The predicted molar refractivity (Wildman–Crippen MR) is 69.4 cm³/mol. The minimum atomic E-state index is -0.176. The third-order valence-electron chi connectivity index (χ3n) is 3.43. The number of rotatable bonds is 3. The zero-order chi connectivity index (χ0) is 12.5. The van der Waals surface area contributed by atoms with Crippen molar-refractivity contribution >= 4 is 0 Å². The van der Waals surface area contributed by atoms with Gasteiger partial charge in [-0.25, -0.2) is 4.98 Å². The molecule has 4 nitrogen and oxygen atoms in total. The molecule has 2 atom stereocenters. The number of hydrogen-bond acceptors (Lipinski definition) is 3. The lowest BCUT2D eigenvalue weighted by Crippen LogP contribution is -2.30. The normalized spacial score (nSPS) is 19.3. The number of benzene rings is 1. The molecule has 18 heavy (non-hydrogen) atoms. The molecule has 3 rings (SSSR count). The van der Waals surface area contributed by atoms with Crippen LogP contribution >= 0.6 is 0 Å². The maximum absolute atomic E-state index is 6.25. The van der Waals surface area contributed by atoms with Crippen LogP contribution in [0.25, 0.3) is 0 Å². The summed E-state index contributed by atoms with van der Waals surface area (Å²) in [4.78, 5) is 4.35. The molecule has 0 radical (unpaired) electrons. The van der Waals surface area contributed by atoms with Gasteiger partial charge in [-0.2, -0.15) is 0 Å².